The number of phenols is 1. The van der Waals surface area contributed by atoms with E-state index in [0.717, 1.165) is 12.1 Å². The van der Waals surface area contributed by atoms with E-state index in [1.165, 1.54) is 12.1 Å². The summed E-state index contributed by atoms with van der Waals surface area (Å²) in [6.45, 7) is 3.53. The van der Waals surface area contributed by atoms with Crippen molar-refractivity contribution in [1.82, 2.24) is 0 Å². The lowest BCUT2D eigenvalue weighted by Crippen LogP contribution is -2.33. The van der Waals surface area contributed by atoms with Gasteiger partial charge in [-0.05, 0) is 43.2 Å². The number of aryl methyl sites for hydroxylation is 1. The molecule has 0 aliphatic carbocycles. The Kier molecular flexibility index (Phi) is 6.66. The van der Waals surface area contributed by atoms with Gasteiger partial charge in [-0.15, -0.1) is 0 Å². The molecule has 1 atom stereocenters. The van der Waals surface area contributed by atoms with E-state index in [1.54, 1.807) is 19.1 Å². The van der Waals surface area contributed by atoms with E-state index < -0.39 is 23.8 Å². The van der Waals surface area contributed by atoms with Crippen LogP contribution < -0.4 is 10.1 Å². The van der Waals surface area contributed by atoms with Crippen LogP contribution in [0.15, 0.2) is 36.4 Å². The highest BCUT2D eigenvalue weighted by atomic mass is 19.4. The molecule has 0 heterocycles. The van der Waals surface area contributed by atoms with Crippen molar-refractivity contribution in [3.05, 3.63) is 53.1 Å². The van der Waals surface area contributed by atoms with Gasteiger partial charge in [-0.25, -0.2) is 0 Å². The Morgan fingerprint density at radius 2 is 2.00 bits per heavy atom. The third-order valence-electron chi connectivity index (χ3n) is 4.08. The van der Waals surface area contributed by atoms with Crippen LogP contribution in [0.2, 0.25) is 0 Å². The maximum Gasteiger partial charge on any atom is 0.417 e. The molecule has 0 aromatic heterocycles. The fourth-order valence-electron chi connectivity index (χ4n) is 2.56. The number of hydrogen-bond acceptors (Lipinski definition) is 4. The second-order valence-corrected chi connectivity index (χ2v) is 6.28. The van der Waals surface area contributed by atoms with Gasteiger partial charge >= 0.3 is 6.18 Å². The summed E-state index contributed by atoms with van der Waals surface area (Å²) in [6, 6.07) is 7.83. The molecule has 0 bridgehead atoms. The molecule has 0 spiro atoms. The summed E-state index contributed by atoms with van der Waals surface area (Å²) in [5.41, 5.74) is -0.288. The van der Waals surface area contributed by atoms with Gasteiger partial charge < -0.3 is 20.6 Å². The molecule has 0 saturated carbocycles. The number of phenolic OH excluding ortho intramolecular Hbond substituents is 1. The van der Waals surface area contributed by atoms with Crippen molar-refractivity contribution >= 4 is 17.8 Å². The molecule has 0 aliphatic heterocycles. The summed E-state index contributed by atoms with van der Waals surface area (Å²) in [5, 5.41) is 19.5. The third-order valence-corrected chi connectivity index (χ3v) is 4.08. The number of amides is 1. The molecule has 1 unspecified atom stereocenters. The maximum atomic E-state index is 13.2. The summed E-state index contributed by atoms with van der Waals surface area (Å²) in [6.07, 6.45) is -4.18. The number of ether oxygens (including phenoxy) is 1. The molecule has 28 heavy (non-hydrogen) atoms. The van der Waals surface area contributed by atoms with Crippen molar-refractivity contribution in [2.75, 3.05) is 5.32 Å². The number of benzene rings is 2. The number of halogens is 3. The average molecular weight is 394 g/mol. The number of anilines is 1. The first-order chi connectivity index (χ1) is 13.2. The van der Waals surface area contributed by atoms with E-state index in [0.29, 0.717) is 23.9 Å². The van der Waals surface area contributed by atoms with Gasteiger partial charge in [0.2, 0.25) is 0 Å². The Morgan fingerprint density at radius 3 is 2.57 bits per heavy atom. The fourth-order valence-corrected chi connectivity index (χ4v) is 2.56. The third kappa shape index (κ3) is 5.25. The minimum Gasteiger partial charge on any atom is -0.508 e. The molecule has 5 nitrogen and oxygen atoms in total. The van der Waals surface area contributed by atoms with Crippen LogP contribution in [0.3, 0.4) is 0 Å². The summed E-state index contributed by atoms with van der Waals surface area (Å²) < 4.78 is 45.0. The molecule has 1 amide bonds. The molecule has 3 N–H and O–H groups in total. The predicted molar refractivity (Wildman–Crippen MR) is 100 cm³/mol. The number of alkyl halides is 3. The molecule has 8 heteroatoms. The number of carbonyl (C=O) groups is 1. The summed E-state index contributed by atoms with van der Waals surface area (Å²) in [5.74, 6) is -0.629. The van der Waals surface area contributed by atoms with E-state index in [-0.39, 0.29) is 23.5 Å². The second-order valence-electron chi connectivity index (χ2n) is 6.28. The van der Waals surface area contributed by atoms with Crippen LogP contribution in [0.1, 0.15) is 36.5 Å². The van der Waals surface area contributed by atoms with Gasteiger partial charge in [0.05, 0.1) is 5.56 Å². The van der Waals surface area contributed by atoms with E-state index >= 15 is 0 Å². The highest BCUT2D eigenvalue weighted by Gasteiger charge is 2.33. The van der Waals surface area contributed by atoms with E-state index in [1.807, 2.05) is 6.92 Å². The SMILES string of the molecule is CCCC(Oc1ccc(C=N)c(C(F)(F)F)c1)C(=O)Nc1ccc(C)c(O)c1. The molecule has 0 aliphatic rings. The van der Waals surface area contributed by atoms with Gasteiger partial charge in [-0.2, -0.15) is 13.2 Å². The van der Waals surface area contributed by atoms with Gasteiger partial charge in [0.25, 0.3) is 5.91 Å². The lowest BCUT2D eigenvalue weighted by Gasteiger charge is -2.20. The van der Waals surface area contributed by atoms with E-state index in [9.17, 15) is 23.1 Å². The van der Waals surface area contributed by atoms with Crippen LogP contribution in [0.4, 0.5) is 18.9 Å². The first kappa shape index (κ1) is 21.3. The molecule has 0 saturated heterocycles. The van der Waals surface area contributed by atoms with E-state index in [2.05, 4.69) is 5.32 Å². The fraction of sp³-hybridized carbons (Fsp3) is 0.300. The number of rotatable bonds is 7. The lowest BCUT2D eigenvalue weighted by molar-refractivity contribution is -0.137. The molecular weight excluding hydrogens is 373 g/mol. The van der Waals surface area contributed by atoms with Crippen LogP contribution in [0.25, 0.3) is 0 Å². The van der Waals surface area contributed by atoms with Gasteiger partial charge in [0.15, 0.2) is 6.10 Å². The molecule has 150 valence electrons. The maximum absolute atomic E-state index is 13.2. The standard InChI is InChI=1S/C20H21F3N2O3/c1-3-4-18(19(27)25-14-7-5-12(2)17(26)9-14)28-15-8-6-13(11-24)16(10-15)20(21,22)23/h5-11,18,24,26H,3-4H2,1-2H3,(H,25,27). The highest BCUT2D eigenvalue weighted by molar-refractivity contribution is 5.94. The van der Waals surface area contributed by atoms with Gasteiger partial charge in [-0.1, -0.05) is 19.4 Å². The largest absolute Gasteiger partial charge is 0.508 e. The minimum atomic E-state index is -4.64. The van der Waals surface area contributed by atoms with Gasteiger partial charge in [0, 0.05) is 23.5 Å². The summed E-state index contributed by atoms with van der Waals surface area (Å²) in [7, 11) is 0. The number of carbonyl (C=O) groups excluding carboxylic acids is 1. The molecule has 0 fully saturated rings. The Labute approximate surface area is 160 Å². The Bertz CT molecular complexity index is 866. The first-order valence-corrected chi connectivity index (χ1v) is 8.64. The summed E-state index contributed by atoms with van der Waals surface area (Å²) >= 11 is 0. The highest BCUT2D eigenvalue weighted by Crippen LogP contribution is 2.34. The zero-order valence-corrected chi connectivity index (χ0v) is 15.4. The number of nitrogens with one attached hydrogen (secondary N) is 2. The lowest BCUT2D eigenvalue weighted by atomic mass is 10.1. The van der Waals surface area contributed by atoms with Crippen LogP contribution in [0, 0.1) is 12.3 Å². The normalized spacial score (nSPS) is 12.3. The second kappa shape index (κ2) is 8.77. The molecular formula is C20H21F3N2O3. The van der Waals surface area contributed by atoms with Crippen LogP contribution >= 0.6 is 0 Å². The zero-order chi connectivity index (χ0) is 20.9. The van der Waals surface area contributed by atoms with Crippen LogP contribution in [-0.2, 0) is 11.0 Å². The smallest absolute Gasteiger partial charge is 0.417 e. The summed E-state index contributed by atoms with van der Waals surface area (Å²) in [4.78, 5) is 12.5. The predicted octanol–water partition coefficient (Wildman–Crippen LogP) is 4.90. The van der Waals surface area contributed by atoms with Gasteiger partial charge in [-0.3, -0.25) is 4.79 Å². The monoisotopic (exact) mass is 394 g/mol. The molecule has 2 aromatic rings. The Morgan fingerprint density at radius 1 is 1.29 bits per heavy atom. The first-order valence-electron chi connectivity index (χ1n) is 8.64. The zero-order valence-electron chi connectivity index (χ0n) is 15.4. The number of hydrogen-bond donors (Lipinski definition) is 3. The van der Waals surface area contributed by atoms with Crippen molar-refractivity contribution in [1.29, 1.82) is 5.41 Å². The molecule has 0 radical (unpaired) electrons. The van der Waals surface area contributed by atoms with Gasteiger partial charge in [0.1, 0.15) is 11.5 Å². The van der Waals surface area contributed by atoms with E-state index in [4.69, 9.17) is 10.1 Å². The van der Waals surface area contributed by atoms with Crippen molar-refractivity contribution in [3.63, 3.8) is 0 Å². The Hall–Kier alpha value is -3.03. The van der Waals surface area contributed by atoms with Crippen molar-refractivity contribution in [3.8, 4) is 11.5 Å². The Balaban J connectivity index is 2.23. The molecule has 2 aromatic carbocycles. The van der Waals surface area contributed by atoms with Crippen LogP contribution in [-0.4, -0.2) is 23.3 Å². The average Bonchev–Trinajstić information content (AvgIpc) is 2.63. The minimum absolute atomic E-state index is 0.0165. The topological polar surface area (TPSA) is 82.4 Å². The van der Waals surface area contributed by atoms with Crippen molar-refractivity contribution in [2.45, 2.75) is 39.0 Å². The molecule has 2 rings (SSSR count). The van der Waals surface area contributed by atoms with Crippen molar-refractivity contribution < 1.29 is 27.8 Å². The van der Waals surface area contributed by atoms with Crippen LogP contribution in [0.5, 0.6) is 11.5 Å². The van der Waals surface area contributed by atoms with Crippen molar-refractivity contribution in [2.24, 2.45) is 0 Å². The number of aromatic hydroxyl groups is 1. The quantitative estimate of drug-likeness (QED) is 0.584.